The van der Waals surface area contributed by atoms with Gasteiger partial charge in [0.1, 0.15) is 0 Å². The molecule has 0 bridgehead atoms. The first-order chi connectivity index (χ1) is 9.28. The minimum atomic E-state index is -3.53. The normalized spacial score (nSPS) is 22.8. The number of hydrogen-bond acceptors (Lipinski definition) is 5. The van der Waals surface area contributed by atoms with E-state index in [0.29, 0.717) is 13.1 Å². The number of nitrogens with zero attached hydrogens (tertiary/aromatic N) is 2. The second-order valence-electron chi connectivity index (χ2n) is 5.27. The molecule has 0 aliphatic carbocycles. The largest absolute Gasteiger partial charge is 0.469 e. The van der Waals surface area contributed by atoms with Gasteiger partial charge in [0.15, 0.2) is 0 Å². The topological polar surface area (TPSA) is 92.9 Å². The van der Waals surface area contributed by atoms with E-state index in [-0.39, 0.29) is 24.9 Å². The van der Waals surface area contributed by atoms with E-state index in [1.165, 1.54) is 22.8 Å². The maximum Gasteiger partial charge on any atom is 0.306 e. The third-order valence-electron chi connectivity index (χ3n) is 3.74. The summed E-state index contributed by atoms with van der Waals surface area (Å²) in [5, 5.41) is 0. The standard InChI is InChI=1S/C12H25N3O4S/c1-10(13)11-5-4-7-15(9-11)20(17,18)14(2)8-6-12(16)19-3/h10-11H,4-9,13H2,1-3H3. The summed E-state index contributed by atoms with van der Waals surface area (Å²) in [6, 6.07) is -0.0200. The van der Waals surface area contributed by atoms with Crippen molar-refractivity contribution in [3.05, 3.63) is 0 Å². The first-order valence-corrected chi connectivity index (χ1v) is 8.22. The Hall–Kier alpha value is -0.700. The minimum absolute atomic E-state index is 0.0200. The van der Waals surface area contributed by atoms with Gasteiger partial charge in [-0.1, -0.05) is 0 Å². The molecule has 1 saturated heterocycles. The van der Waals surface area contributed by atoms with Crippen molar-refractivity contribution in [2.45, 2.75) is 32.2 Å². The molecule has 0 amide bonds. The lowest BCUT2D eigenvalue weighted by molar-refractivity contribution is -0.140. The van der Waals surface area contributed by atoms with Crippen LogP contribution in [0.25, 0.3) is 0 Å². The number of carbonyl (C=O) groups is 1. The number of piperidine rings is 1. The first-order valence-electron chi connectivity index (χ1n) is 6.82. The van der Waals surface area contributed by atoms with Crippen LogP contribution < -0.4 is 5.73 Å². The van der Waals surface area contributed by atoms with Crippen LogP contribution in [0, 0.1) is 5.92 Å². The highest BCUT2D eigenvalue weighted by Gasteiger charge is 2.33. The quantitative estimate of drug-likeness (QED) is 0.685. The van der Waals surface area contributed by atoms with Crippen LogP contribution in [0.5, 0.6) is 0 Å². The molecular formula is C12H25N3O4S. The summed E-state index contributed by atoms with van der Waals surface area (Å²) < 4.78 is 32.0. The molecule has 8 heteroatoms. The molecular weight excluding hydrogens is 282 g/mol. The van der Waals surface area contributed by atoms with Crippen LogP contribution in [0.4, 0.5) is 0 Å². The lowest BCUT2D eigenvalue weighted by Gasteiger charge is -2.35. The summed E-state index contributed by atoms with van der Waals surface area (Å²) in [4.78, 5) is 11.1. The molecule has 1 rings (SSSR count). The third-order valence-corrected chi connectivity index (χ3v) is 5.70. The minimum Gasteiger partial charge on any atom is -0.469 e. The molecule has 118 valence electrons. The molecule has 0 aromatic carbocycles. The zero-order valence-electron chi connectivity index (χ0n) is 12.4. The summed E-state index contributed by atoms with van der Waals surface area (Å²) in [5.74, 6) is -0.230. The van der Waals surface area contributed by atoms with E-state index in [1.807, 2.05) is 6.92 Å². The summed E-state index contributed by atoms with van der Waals surface area (Å²) in [6.07, 6.45) is 1.82. The predicted molar refractivity (Wildman–Crippen MR) is 76.1 cm³/mol. The predicted octanol–water partition coefficient (Wildman–Crippen LogP) is -0.215. The molecule has 0 spiro atoms. The van der Waals surface area contributed by atoms with Gasteiger partial charge >= 0.3 is 5.97 Å². The Labute approximate surface area is 121 Å². The van der Waals surface area contributed by atoms with E-state index in [1.54, 1.807) is 0 Å². The zero-order chi connectivity index (χ0) is 15.3. The van der Waals surface area contributed by atoms with Gasteiger partial charge in [0, 0.05) is 32.7 Å². The third kappa shape index (κ3) is 4.41. The number of esters is 1. The lowest BCUT2D eigenvalue weighted by atomic mass is 9.93. The van der Waals surface area contributed by atoms with Crippen LogP contribution in [-0.4, -0.2) is 62.8 Å². The van der Waals surface area contributed by atoms with E-state index >= 15 is 0 Å². The molecule has 1 aliphatic heterocycles. The van der Waals surface area contributed by atoms with Crippen molar-refractivity contribution in [2.75, 3.05) is 33.8 Å². The monoisotopic (exact) mass is 307 g/mol. The van der Waals surface area contributed by atoms with Crippen molar-refractivity contribution in [1.82, 2.24) is 8.61 Å². The van der Waals surface area contributed by atoms with E-state index in [9.17, 15) is 13.2 Å². The van der Waals surface area contributed by atoms with E-state index < -0.39 is 16.2 Å². The van der Waals surface area contributed by atoms with Crippen LogP contribution in [0.2, 0.25) is 0 Å². The van der Waals surface area contributed by atoms with Gasteiger partial charge in [-0.25, -0.2) is 0 Å². The molecule has 0 aromatic rings. The van der Waals surface area contributed by atoms with Crippen molar-refractivity contribution >= 4 is 16.2 Å². The van der Waals surface area contributed by atoms with Gasteiger partial charge in [-0.2, -0.15) is 17.0 Å². The van der Waals surface area contributed by atoms with Crippen LogP contribution in [-0.2, 0) is 19.7 Å². The maximum atomic E-state index is 12.4. The van der Waals surface area contributed by atoms with Crippen LogP contribution in [0.3, 0.4) is 0 Å². The summed E-state index contributed by atoms with van der Waals surface area (Å²) in [6.45, 7) is 2.98. The van der Waals surface area contributed by atoms with Crippen molar-refractivity contribution in [1.29, 1.82) is 0 Å². The summed E-state index contributed by atoms with van der Waals surface area (Å²) in [7, 11) is -0.763. The number of nitrogens with two attached hydrogens (primary N) is 1. The highest BCUT2D eigenvalue weighted by Crippen LogP contribution is 2.22. The van der Waals surface area contributed by atoms with Crippen molar-refractivity contribution in [3.8, 4) is 0 Å². The van der Waals surface area contributed by atoms with Crippen LogP contribution >= 0.6 is 0 Å². The molecule has 20 heavy (non-hydrogen) atoms. The highest BCUT2D eigenvalue weighted by molar-refractivity contribution is 7.86. The Morgan fingerprint density at radius 3 is 2.75 bits per heavy atom. The van der Waals surface area contributed by atoms with Gasteiger partial charge < -0.3 is 10.5 Å². The van der Waals surface area contributed by atoms with Gasteiger partial charge in [-0.15, -0.1) is 0 Å². The molecule has 1 fully saturated rings. The molecule has 0 aromatic heterocycles. The first kappa shape index (κ1) is 17.4. The fraction of sp³-hybridized carbons (Fsp3) is 0.917. The zero-order valence-corrected chi connectivity index (χ0v) is 13.2. The van der Waals surface area contributed by atoms with E-state index in [4.69, 9.17) is 5.73 Å². The number of ether oxygens (including phenoxy) is 1. The number of carbonyl (C=O) groups excluding carboxylic acids is 1. The van der Waals surface area contributed by atoms with Crippen molar-refractivity contribution < 1.29 is 17.9 Å². The molecule has 2 unspecified atom stereocenters. The van der Waals surface area contributed by atoms with Gasteiger partial charge in [-0.3, -0.25) is 4.79 Å². The number of hydrogen-bond donors (Lipinski definition) is 1. The average molecular weight is 307 g/mol. The Balaban J connectivity index is 2.64. The fourth-order valence-electron chi connectivity index (χ4n) is 2.28. The smallest absolute Gasteiger partial charge is 0.306 e. The Kier molecular flexibility index (Phi) is 6.38. The summed E-state index contributed by atoms with van der Waals surface area (Å²) in [5.41, 5.74) is 5.87. The molecule has 1 heterocycles. The van der Waals surface area contributed by atoms with Crippen LogP contribution in [0.1, 0.15) is 26.2 Å². The van der Waals surface area contributed by atoms with Crippen LogP contribution in [0.15, 0.2) is 0 Å². The Morgan fingerprint density at radius 2 is 2.20 bits per heavy atom. The van der Waals surface area contributed by atoms with Crippen molar-refractivity contribution in [2.24, 2.45) is 11.7 Å². The SMILES string of the molecule is COC(=O)CCN(C)S(=O)(=O)N1CCCC(C(C)N)C1. The summed E-state index contributed by atoms with van der Waals surface area (Å²) >= 11 is 0. The molecule has 2 atom stereocenters. The molecule has 0 radical (unpaired) electrons. The molecule has 0 saturated carbocycles. The lowest BCUT2D eigenvalue weighted by Crippen LogP contribution is -2.49. The second-order valence-corrected chi connectivity index (χ2v) is 7.31. The van der Waals surface area contributed by atoms with Gasteiger partial charge in [-0.05, 0) is 25.7 Å². The molecule has 7 nitrogen and oxygen atoms in total. The molecule has 1 aliphatic rings. The number of rotatable bonds is 6. The Morgan fingerprint density at radius 1 is 1.55 bits per heavy atom. The second kappa shape index (κ2) is 7.35. The number of methoxy groups -OCH3 is 1. The van der Waals surface area contributed by atoms with Gasteiger partial charge in [0.2, 0.25) is 0 Å². The maximum absolute atomic E-state index is 12.4. The highest BCUT2D eigenvalue weighted by atomic mass is 32.2. The Bertz CT molecular complexity index is 424. The van der Waals surface area contributed by atoms with Crippen molar-refractivity contribution in [3.63, 3.8) is 0 Å². The van der Waals surface area contributed by atoms with E-state index in [0.717, 1.165) is 12.8 Å². The average Bonchev–Trinajstić information content (AvgIpc) is 2.44. The molecule has 2 N–H and O–H groups in total. The van der Waals surface area contributed by atoms with Gasteiger partial charge in [0.05, 0.1) is 13.5 Å². The van der Waals surface area contributed by atoms with Gasteiger partial charge in [0.25, 0.3) is 10.2 Å². The fourth-order valence-corrected chi connectivity index (χ4v) is 3.73. The van der Waals surface area contributed by atoms with E-state index in [2.05, 4.69) is 4.74 Å².